The molecule has 0 aromatic heterocycles. The minimum Gasteiger partial charge on any atom is -0.399 e. The number of nitrogens with one attached hydrogen (secondary N) is 1. The number of anilines is 2. The smallest absolute Gasteiger partial charge is 0.254 e. The Hall–Kier alpha value is -2.86. The predicted octanol–water partition coefficient (Wildman–Crippen LogP) is 2.31. The number of benzene rings is 2. The second-order valence-electron chi connectivity index (χ2n) is 6.23. The number of nitrogen functional groups attached to an aromatic ring is 1. The number of morpholine rings is 1. The van der Waals surface area contributed by atoms with Crippen molar-refractivity contribution in [1.29, 1.82) is 0 Å². The van der Waals surface area contributed by atoms with Crippen LogP contribution in [-0.4, -0.2) is 43.0 Å². The van der Waals surface area contributed by atoms with Crippen molar-refractivity contribution in [2.24, 2.45) is 0 Å². The Balaban J connectivity index is 1.52. The van der Waals surface area contributed by atoms with E-state index >= 15 is 0 Å². The lowest BCUT2D eigenvalue weighted by Gasteiger charge is -2.26. The highest BCUT2D eigenvalue weighted by Gasteiger charge is 2.18. The van der Waals surface area contributed by atoms with E-state index in [9.17, 15) is 9.59 Å². The van der Waals surface area contributed by atoms with E-state index in [2.05, 4.69) is 5.32 Å². The zero-order valence-corrected chi connectivity index (χ0v) is 14.6. The fourth-order valence-electron chi connectivity index (χ4n) is 2.88. The van der Waals surface area contributed by atoms with Gasteiger partial charge in [0.05, 0.1) is 13.2 Å². The maximum absolute atomic E-state index is 12.4. The Morgan fingerprint density at radius 3 is 2.42 bits per heavy atom. The van der Waals surface area contributed by atoms with Gasteiger partial charge in [-0.25, -0.2) is 0 Å². The number of hydrogen-bond donors (Lipinski definition) is 2. The van der Waals surface area contributed by atoms with Gasteiger partial charge in [0.2, 0.25) is 5.91 Å². The van der Waals surface area contributed by atoms with Crippen LogP contribution in [0.1, 0.15) is 22.3 Å². The van der Waals surface area contributed by atoms with Crippen molar-refractivity contribution in [3.05, 3.63) is 59.7 Å². The minimum absolute atomic E-state index is 0.00858. The molecule has 3 N–H and O–H groups in total. The summed E-state index contributed by atoms with van der Waals surface area (Å²) in [6, 6.07) is 14.5. The van der Waals surface area contributed by atoms with Crippen LogP contribution < -0.4 is 11.1 Å². The van der Waals surface area contributed by atoms with E-state index in [0.29, 0.717) is 56.1 Å². The summed E-state index contributed by atoms with van der Waals surface area (Å²) < 4.78 is 5.26. The van der Waals surface area contributed by atoms with Crippen molar-refractivity contribution in [2.45, 2.75) is 12.8 Å². The normalized spacial score (nSPS) is 14.1. The van der Waals surface area contributed by atoms with Gasteiger partial charge in [-0.05, 0) is 42.3 Å². The number of carbonyl (C=O) groups excluding carboxylic acids is 2. The largest absolute Gasteiger partial charge is 0.399 e. The third kappa shape index (κ3) is 4.61. The van der Waals surface area contributed by atoms with Gasteiger partial charge in [0, 0.05) is 36.4 Å². The van der Waals surface area contributed by atoms with Crippen molar-refractivity contribution in [2.75, 3.05) is 37.4 Å². The zero-order chi connectivity index (χ0) is 18.4. The molecule has 0 atom stereocenters. The number of aryl methyl sites for hydroxylation is 1. The topological polar surface area (TPSA) is 84.7 Å². The first-order valence-electron chi connectivity index (χ1n) is 8.74. The molecule has 0 unspecified atom stereocenters. The molecule has 0 spiro atoms. The van der Waals surface area contributed by atoms with E-state index in [1.165, 1.54) is 0 Å². The minimum atomic E-state index is -0.0829. The van der Waals surface area contributed by atoms with Crippen LogP contribution in [0.15, 0.2) is 48.5 Å². The van der Waals surface area contributed by atoms with Gasteiger partial charge in [-0.2, -0.15) is 0 Å². The van der Waals surface area contributed by atoms with Gasteiger partial charge < -0.3 is 20.7 Å². The summed E-state index contributed by atoms with van der Waals surface area (Å²) >= 11 is 0. The SMILES string of the molecule is Nc1ccccc1CCC(=O)Nc1ccc(C(=O)N2CCOCC2)cc1. The van der Waals surface area contributed by atoms with Crippen LogP contribution >= 0.6 is 0 Å². The summed E-state index contributed by atoms with van der Waals surface area (Å²) in [5, 5.41) is 2.85. The quantitative estimate of drug-likeness (QED) is 0.808. The van der Waals surface area contributed by atoms with Gasteiger partial charge in [0.1, 0.15) is 0 Å². The Morgan fingerprint density at radius 2 is 1.73 bits per heavy atom. The summed E-state index contributed by atoms with van der Waals surface area (Å²) in [7, 11) is 0. The maximum atomic E-state index is 12.4. The number of nitrogens with two attached hydrogens (primary N) is 1. The van der Waals surface area contributed by atoms with E-state index in [-0.39, 0.29) is 11.8 Å². The van der Waals surface area contributed by atoms with Crippen molar-refractivity contribution >= 4 is 23.2 Å². The van der Waals surface area contributed by atoms with Gasteiger partial charge in [-0.3, -0.25) is 9.59 Å². The second-order valence-corrected chi connectivity index (χ2v) is 6.23. The predicted molar refractivity (Wildman–Crippen MR) is 101 cm³/mol. The molecule has 136 valence electrons. The number of amides is 2. The van der Waals surface area contributed by atoms with Crippen LogP contribution in [0.4, 0.5) is 11.4 Å². The molecule has 1 aliphatic heterocycles. The monoisotopic (exact) mass is 353 g/mol. The highest BCUT2D eigenvalue weighted by atomic mass is 16.5. The van der Waals surface area contributed by atoms with Crippen molar-refractivity contribution < 1.29 is 14.3 Å². The lowest BCUT2D eigenvalue weighted by atomic mass is 10.1. The Kier molecular flexibility index (Phi) is 5.86. The molecule has 0 bridgehead atoms. The fraction of sp³-hybridized carbons (Fsp3) is 0.300. The molecule has 1 fully saturated rings. The molecule has 3 rings (SSSR count). The standard InChI is InChI=1S/C20H23N3O3/c21-18-4-2-1-3-15(18)7-10-19(24)22-17-8-5-16(6-9-17)20(25)23-11-13-26-14-12-23/h1-6,8-9H,7,10-14,21H2,(H,22,24). The third-order valence-electron chi connectivity index (χ3n) is 4.39. The summed E-state index contributed by atoms with van der Waals surface area (Å²) in [5.74, 6) is -0.0914. The number of nitrogens with zero attached hydrogens (tertiary/aromatic N) is 1. The Labute approximate surface area is 152 Å². The van der Waals surface area contributed by atoms with Crippen molar-refractivity contribution in [3.8, 4) is 0 Å². The molecule has 26 heavy (non-hydrogen) atoms. The lowest BCUT2D eigenvalue weighted by molar-refractivity contribution is -0.116. The average molecular weight is 353 g/mol. The van der Waals surface area contributed by atoms with E-state index in [1.54, 1.807) is 29.2 Å². The molecule has 2 aromatic rings. The molecule has 2 aromatic carbocycles. The molecule has 1 aliphatic rings. The summed E-state index contributed by atoms with van der Waals surface area (Å²) in [4.78, 5) is 26.3. The second kappa shape index (κ2) is 8.49. The first-order chi connectivity index (χ1) is 12.6. The van der Waals surface area contributed by atoms with Crippen LogP contribution in [-0.2, 0) is 16.0 Å². The number of rotatable bonds is 5. The van der Waals surface area contributed by atoms with E-state index in [4.69, 9.17) is 10.5 Å². The van der Waals surface area contributed by atoms with Crippen molar-refractivity contribution in [3.63, 3.8) is 0 Å². The summed E-state index contributed by atoms with van der Waals surface area (Å²) in [5.41, 5.74) is 8.85. The van der Waals surface area contributed by atoms with E-state index in [0.717, 1.165) is 5.56 Å². The van der Waals surface area contributed by atoms with Crippen LogP contribution in [0.2, 0.25) is 0 Å². The number of hydrogen-bond acceptors (Lipinski definition) is 4. The Bertz CT molecular complexity index is 768. The fourth-order valence-corrected chi connectivity index (χ4v) is 2.88. The van der Waals surface area contributed by atoms with Gasteiger partial charge in [-0.1, -0.05) is 18.2 Å². The number of para-hydroxylation sites is 1. The molecule has 0 saturated carbocycles. The van der Waals surface area contributed by atoms with Crippen LogP contribution in [0.5, 0.6) is 0 Å². The molecule has 2 amide bonds. The third-order valence-corrected chi connectivity index (χ3v) is 4.39. The first-order valence-corrected chi connectivity index (χ1v) is 8.74. The van der Waals surface area contributed by atoms with Crippen molar-refractivity contribution in [1.82, 2.24) is 4.90 Å². The average Bonchev–Trinajstić information content (AvgIpc) is 2.68. The number of ether oxygens (including phenoxy) is 1. The van der Waals surface area contributed by atoms with Crippen LogP contribution in [0.3, 0.4) is 0 Å². The highest BCUT2D eigenvalue weighted by Crippen LogP contribution is 2.15. The molecule has 6 nitrogen and oxygen atoms in total. The zero-order valence-electron chi connectivity index (χ0n) is 14.6. The molecule has 6 heteroatoms. The van der Waals surface area contributed by atoms with Crippen LogP contribution in [0, 0.1) is 0 Å². The van der Waals surface area contributed by atoms with Crippen LogP contribution in [0.25, 0.3) is 0 Å². The molecule has 0 aliphatic carbocycles. The number of carbonyl (C=O) groups is 2. The summed E-state index contributed by atoms with van der Waals surface area (Å²) in [6.45, 7) is 2.37. The summed E-state index contributed by atoms with van der Waals surface area (Å²) in [6.07, 6.45) is 0.939. The van der Waals surface area contributed by atoms with Gasteiger partial charge in [-0.15, -0.1) is 0 Å². The van der Waals surface area contributed by atoms with Gasteiger partial charge in [0.15, 0.2) is 0 Å². The van der Waals surface area contributed by atoms with E-state index < -0.39 is 0 Å². The molecule has 1 saturated heterocycles. The highest BCUT2D eigenvalue weighted by molar-refractivity contribution is 5.96. The maximum Gasteiger partial charge on any atom is 0.254 e. The molecule has 1 heterocycles. The van der Waals surface area contributed by atoms with Gasteiger partial charge >= 0.3 is 0 Å². The molecular weight excluding hydrogens is 330 g/mol. The lowest BCUT2D eigenvalue weighted by Crippen LogP contribution is -2.40. The Morgan fingerprint density at radius 1 is 1.04 bits per heavy atom. The molecular formula is C20H23N3O3. The molecule has 0 radical (unpaired) electrons. The first kappa shape index (κ1) is 17.9. The van der Waals surface area contributed by atoms with Gasteiger partial charge in [0.25, 0.3) is 5.91 Å². The van der Waals surface area contributed by atoms with E-state index in [1.807, 2.05) is 24.3 Å².